The summed E-state index contributed by atoms with van der Waals surface area (Å²) in [7, 11) is 0. The molecule has 0 aliphatic carbocycles. The van der Waals surface area contributed by atoms with Gasteiger partial charge in [0.2, 0.25) is 11.8 Å². The van der Waals surface area contributed by atoms with Crippen molar-refractivity contribution in [2.75, 3.05) is 19.6 Å². The maximum Gasteiger partial charge on any atom is 0.231 e. The molecule has 1 saturated heterocycles. The summed E-state index contributed by atoms with van der Waals surface area (Å²) in [4.78, 5) is 25.7. The van der Waals surface area contributed by atoms with Crippen LogP contribution in [0, 0.1) is 19.8 Å². The highest BCUT2D eigenvalue weighted by atomic mass is 16.2. The zero-order chi connectivity index (χ0) is 20.3. The van der Waals surface area contributed by atoms with E-state index in [9.17, 15) is 9.59 Å². The van der Waals surface area contributed by atoms with Gasteiger partial charge in [-0.1, -0.05) is 18.2 Å². The fourth-order valence-corrected chi connectivity index (χ4v) is 3.87. The first-order chi connectivity index (χ1) is 13.4. The number of carbonyl (C=O) groups excluding carboxylic acids is 2. The molecular weight excluding hydrogens is 354 g/mol. The Morgan fingerprint density at radius 3 is 2.57 bits per heavy atom. The summed E-state index contributed by atoms with van der Waals surface area (Å²) in [5.74, 6) is -0.287. The van der Waals surface area contributed by atoms with Gasteiger partial charge >= 0.3 is 0 Å². The number of hydrogen-bond acceptors (Lipinski definition) is 4. The molecule has 1 atom stereocenters. The molecule has 3 N–H and O–H groups in total. The third kappa shape index (κ3) is 4.42. The second kappa shape index (κ2) is 8.56. The first kappa shape index (κ1) is 20.1. The molecule has 0 unspecified atom stereocenters. The number of likely N-dealkylation sites (tertiary alicyclic amines) is 1. The number of nitrogens with zero attached hydrogens (tertiary/aromatic N) is 3. The summed E-state index contributed by atoms with van der Waals surface area (Å²) in [5.41, 5.74) is 9.49. The monoisotopic (exact) mass is 383 g/mol. The Hall–Kier alpha value is -2.67. The molecule has 0 saturated carbocycles. The maximum atomic E-state index is 12.7. The van der Waals surface area contributed by atoms with E-state index in [1.165, 1.54) is 0 Å². The van der Waals surface area contributed by atoms with Gasteiger partial charge in [0.25, 0.3) is 0 Å². The van der Waals surface area contributed by atoms with Crippen molar-refractivity contribution in [1.29, 1.82) is 0 Å². The van der Waals surface area contributed by atoms with Gasteiger partial charge in [-0.25, -0.2) is 4.68 Å². The summed E-state index contributed by atoms with van der Waals surface area (Å²) < 4.78 is 1.93. The van der Waals surface area contributed by atoms with Crippen LogP contribution in [0.1, 0.15) is 42.6 Å². The predicted molar refractivity (Wildman–Crippen MR) is 108 cm³/mol. The standard InChI is InChI=1S/C21H29N5O2/c1-14-6-4-5-7-19(14)26-16(3)18(12-23-26)15(2)24-21(28)17-8-10-25(11-9-17)13-20(22)27/h4-7,12,15,17H,8-11,13H2,1-3H3,(H2,22,27)(H,24,28)/t15-/m0/s1. The number of hydrogen-bond donors (Lipinski definition) is 2. The number of aromatic nitrogens is 2. The molecule has 0 bridgehead atoms. The summed E-state index contributed by atoms with van der Waals surface area (Å²) in [5, 5.41) is 7.68. The summed E-state index contributed by atoms with van der Waals surface area (Å²) >= 11 is 0. The van der Waals surface area contributed by atoms with Gasteiger partial charge in [-0.15, -0.1) is 0 Å². The van der Waals surface area contributed by atoms with Crippen LogP contribution in [-0.4, -0.2) is 46.1 Å². The van der Waals surface area contributed by atoms with Crippen molar-refractivity contribution in [2.24, 2.45) is 11.7 Å². The predicted octanol–water partition coefficient (Wildman–Crippen LogP) is 1.86. The molecule has 7 heteroatoms. The van der Waals surface area contributed by atoms with Crippen molar-refractivity contribution in [3.8, 4) is 5.69 Å². The average molecular weight is 383 g/mol. The highest BCUT2D eigenvalue weighted by Crippen LogP contribution is 2.23. The van der Waals surface area contributed by atoms with Gasteiger partial charge in [-0.3, -0.25) is 14.5 Å². The minimum absolute atomic E-state index is 0.0294. The molecule has 1 aliphatic heterocycles. The van der Waals surface area contributed by atoms with Crippen LogP contribution in [0.25, 0.3) is 5.69 Å². The Balaban J connectivity index is 1.63. The van der Waals surface area contributed by atoms with Crippen LogP contribution < -0.4 is 11.1 Å². The molecule has 1 aliphatic rings. The molecular formula is C21H29N5O2. The van der Waals surface area contributed by atoms with E-state index >= 15 is 0 Å². The zero-order valence-electron chi connectivity index (χ0n) is 16.8. The van der Waals surface area contributed by atoms with E-state index in [1.807, 2.05) is 47.8 Å². The smallest absolute Gasteiger partial charge is 0.231 e. The first-order valence-electron chi connectivity index (χ1n) is 9.78. The van der Waals surface area contributed by atoms with Crippen molar-refractivity contribution in [3.05, 3.63) is 47.3 Å². The van der Waals surface area contributed by atoms with Crippen LogP contribution >= 0.6 is 0 Å². The Labute approximate surface area is 165 Å². The summed E-state index contributed by atoms with van der Waals surface area (Å²) in [6.45, 7) is 7.79. The Morgan fingerprint density at radius 1 is 1.25 bits per heavy atom. The van der Waals surface area contributed by atoms with Crippen molar-refractivity contribution >= 4 is 11.8 Å². The molecule has 150 valence electrons. The molecule has 0 radical (unpaired) electrons. The highest BCUT2D eigenvalue weighted by molar-refractivity contribution is 5.79. The summed E-state index contributed by atoms with van der Waals surface area (Å²) in [6.07, 6.45) is 3.32. The molecule has 2 amide bonds. The highest BCUT2D eigenvalue weighted by Gasteiger charge is 2.27. The number of benzene rings is 1. The van der Waals surface area contributed by atoms with Gasteiger partial charge in [-0.2, -0.15) is 5.10 Å². The van der Waals surface area contributed by atoms with Crippen LogP contribution in [0.2, 0.25) is 0 Å². The lowest BCUT2D eigenvalue weighted by Crippen LogP contribution is -2.43. The molecule has 2 heterocycles. The van der Waals surface area contributed by atoms with Gasteiger partial charge in [0.15, 0.2) is 0 Å². The van der Waals surface area contributed by atoms with Crippen molar-refractivity contribution in [3.63, 3.8) is 0 Å². The van der Waals surface area contributed by atoms with E-state index in [4.69, 9.17) is 5.73 Å². The lowest BCUT2D eigenvalue weighted by atomic mass is 9.95. The molecule has 2 aromatic rings. The lowest BCUT2D eigenvalue weighted by Gasteiger charge is -2.31. The average Bonchev–Trinajstić information content (AvgIpc) is 3.03. The van der Waals surface area contributed by atoms with E-state index in [0.717, 1.165) is 48.4 Å². The minimum Gasteiger partial charge on any atom is -0.369 e. The molecule has 3 rings (SSSR count). The van der Waals surface area contributed by atoms with E-state index in [1.54, 1.807) is 0 Å². The molecule has 1 aromatic heterocycles. The molecule has 0 spiro atoms. The largest absolute Gasteiger partial charge is 0.369 e. The van der Waals surface area contributed by atoms with Gasteiger partial charge in [-0.05, 0) is 58.3 Å². The van der Waals surface area contributed by atoms with Crippen molar-refractivity contribution < 1.29 is 9.59 Å². The van der Waals surface area contributed by atoms with Crippen LogP contribution in [0.5, 0.6) is 0 Å². The molecule has 28 heavy (non-hydrogen) atoms. The van der Waals surface area contributed by atoms with Gasteiger partial charge in [0.1, 0.15) is 0 Å². The number of nitrogens with two attached hydrogens (primary N) is 1. The second-order valence-electron chi connectivity index (χ2n) is 7.63. The maximum absolute atomic E-state index is 12.7. The Bertz CT molecular complexity index is 852. The van der Waals surface area contributed by atoms with Crippen LogP contribution in [-0.2, 0) is 9.59 Å². The number of nitrogens with one attached hydrogen (secondary N) is 1. The van der Waals surface area contributed by atoms with Crippen LogP contribution in [0.4, 0.5) is 0 Å². The fourth-order valence-electron chi connectivity index (χ4n) is 3.87. The summed E-state index contributed by atoms with van der Waals surface area (Å²) in [6, 6.07) is 8.00. The van der Waals surface area contributed by atoms with Gasteiger partial charge in [0, 0.05) is 17.2 Å². The number of piperidine rings is 1. The minimum atomic E-state index is -0.322. The van der Waals surface area contributed by atoms with Crippen LogP contribution in [0.15, 0.2) is 30.5 Å². The third-order valence-electron chi connectivity index (χ3n) is 5.55. The lowest BCUT2D eigenvalue weighted by molar-refractivity contribution is -0.127. The molecule has 7 nitrogen and oxygen atoms in total. The zero-order valence-corrected chi connectivity index (χ0v) is 16.8. The van der Waals surface area contributed by atoms with E-state index in [-0.39, 0.29) is 30.3 Å². The first-order valence-corrected chi connectivity index (χ1v) is 9.78. The number of rotatable bonds is 6. The Kier molecular flexibility index (Phi) is 6.14. The van der Waals surface area contributed by atoms with Crippen molar-refractivity contribution in [1.82, 2.24) is 20.0 Å². The van der Waals surface area contributed by atoms with Crippen molar-refractivity contribution in [2.45, 2.75) is 39.7 Å². The van der Waals surface area contributed by atoms with Crippen LogP contribution in [0.3, 0.4) is 0 Å². The number of carbonyl (C=O) groups is 2. The van der Waals surface area contributed by atoms with E-state index in [2.05, 4.69) is 23.4 Å². The Morgan fingerprint density at radius 2 is 1.93 bits per heavy atom. The molecule has 1 aromatic carbocycles. The number of primary amides is 1. The second-order valence-corrected chi connectivity index (χ2v) is 7.63. The number of para-hydroxylation sites is 1. The third-order valence-corrected chi connectivity index (χ3v) is 5.55. The van der Waals surface area contributed by atoms with Gasteiger partial charge < -0.3 is 11.1 Å². The van der Waals surface area contributed by atoms with E-state index in [0.29, 0.717) is 0 Å². The number of aryl methyl sites for hydroxylation is 1. The van der Waals surface area contributed by atoms with Gasteiger partial charge in [0.05, 0.1) is 24.5 Å². The molecule has 1 fully saturated rings. The quantitative estimate of drug-likeness (QED) is 0.796. The number of amides is 2. The van der Waals surface area contributed by atoms with E-state index < -0.39 is 0 Å². The SMILES string of the molecule is Cc1ccccc1-n1ncc([C@H](C)NC(=O)C2CCN(CC(N)=O)CC2)c1C. The fraction of sp³-hybridized carbons (Fsp3) is 0.476. The topological polar surface area (TPSA) is 93.2 Å². The normalized spacial score (nSPS) is 16.7.